The second-order valence-corrected chi connectivity index (χ2v) is 13.9. The molecule has 1 heteroatoms. The maximum atomic E-state index is 5.16. The Morgan fingerprint density at radius 3 is 1.53 bits per heavy atom. The molecular weight excluding hydrogens is 639 g/mol. The highest BCUT2D eigenvalue weighted by Crippen LogP contribution is 2.46. The van der Waals surface area contributed by atoms with Gasteiger partial charge in [-0.1, -0.05) is 175 Å². The minimum Gasteiger partial charge on any atom is -0.248 e. The van der Waals surface area contributed by atoms with Gasteiger partial charge < -0.3 is 0 Å². The van der Waals surface area contributed by atoms with E-state index in [1.54, 1.807) is 0 Å². The molecule has 0 atom stereocenters. The first-order valence-corrected chi connectivity index (χ1v) is 18.4. The molecule has 0 fully saturated rings. The molecule has 9 rings (SSSR count). The molecule has 8 aromatic carbocycles. The summed E-state index contributed by atoms with van der Waals surface area (Å²) >= 11 is 0. The summed E-state index contributed by atoms with van der Waals surface area (Å²) in [6.07, 6.45) is 4.27. The Morgan fingerprint density at radius 2 is 0.887 bits per heavy atom. The molecule has 0 aliphatic carbocycles. The number of aryl methyl sites for hydroxylation is 2. The highest BCUT2D eigenvalue weighted by molar-refractivity contribution is 6.24. The quantitative estimate of drug-likeness (QED) is 0.160. The summed E-state index contributed by atoms with van der Waals surface area (Å²) in [6.45, 7) is 6.36. The fraction of sp³-hybridized carbons (Fsp3) is 0.0577. The van der Waals surface area contributed by atoms with Crippen LogP contribution < -0.4 is 0 Å². The zero-order chi connectivity index (χ0) is 35.9. The van der Waals surface area contributed by atoms with Crippen LogP contribution in [-0.4, -0.2) is 4.98 Å². The summed E-state index contributed by atoms with van der Waals surface area (Å²) in [5, 5.41) is 7.52. The first kappa shape index (κ1) is 32.3. The van der Waals surface area contributed by atoms with E-state index in [9.17, 15) is 0 Å². The Labute approximate surface area is 311 Å². The lowest BCUT2D eigenvalue weighted by atomic mass is 9.83. The van der Waals surface area contributed by atoms with Gasteiger partial charge in [0, 0.05) is 11.1 Å². The van der Waals surface area contributed by atoms with Crippen LogP contribution in [0.25, 0.3) is 94.3 Å². The Balaban J connectivity index is 1.19. The van der Waals surface area contributed by atoms with Crippen molar-refractivity contribution in [3.05, 3.63) is 193 Å². The molecule has 0 N–H and O–H groups in total. The minimum absolute atomic E-state index is 0.966. The molecule has 0 aliphatic rings. The maximum Gasteiger partial charge on any atom is 0.0715 e. The Bertz CT molecular complexity index is 2780. The van der Waals surface area contributed by atoms with E-state index in [0.717, 1.165) is 22.5 Å². The van der Waals surface area contributed by atoms with Crippen molar-refractivity contribution in [3.63, 3.8) is 0 Å². The SMILES string of the molecule is C/C=C\c1c(C)cccc1-c1cccc(-c2ccc(-c3c4ccccc4c(-c4ccc(-c5ccc(C)cc5)c5ccccc45)c4ccccc34)cc2)n1. The van der Waals surface area contributed by atoms with Crippen LogP contribution in [0.4, 0.5) is 0 Å². The highest BCUT2D eigenvalue weighted by Gasteiger charge is 2.19. The molecule has 0 saturated heterocycles. The first-order chi connectivity index (χ1) is 26.1. The zero-order valence-corrected chi connectivity index (χ0v) is 30.3. The molecule has 0 spiro atoms. The Kier molecular flexibility index (Phi) is 8.25. The van der Waals surface area contributed by atoms with Crippen LogP contribution in [0.1, 0.15) is 23.6 Å². The van der Waals surface area contributed by atoms with Gasteiger partial charge in [-0.15, -0.1) is 0 Å². The van der Waals surface area contributed by atoms with Crippen LogP contribution >= 0.6 is 0 Å². The van der Waals surface area contributed by atoms with Crippen molar-refractivity contribution in [3.8, 4) is 55.9 Å². The van der Waals surface area contributed by atoms with Crippen LogP contribution in [0.3, 0.4) is 0 Å². The fourth-order valence-corrected chi connectivity index (χ4v) is 8.08. The predicted octanol–water partition coefficient (Wildman–Crippen LogP) is 14.5. The van der Waals surface area contributed by atoms with Gasteiger partial charge in [0.05, 0.1) is 11.4 Å². The van der Waals surface area contributed by atoms with Crippen molar-refractivity contribution in [1.82, 2.24) is 4.98 Å². The molecule has 0 unspecified atom stereocenters. The average molecular weight is 678 g/mol. The molecule has 0 bridgehead atoms. The lowest BCUT2D eigenvalue weighted by Crippen LogP contribution is -1.93. The van der Waals surface area contributed by atoms with E-state index >= 15 is 0 Å². The Hall–Kier alpha value is -6.57. The standard InChI is InChI=1S/C52H39N/c1-4-13-39-35(3)14-11-21-43(39)50-23-12-22-49(53-50)37-28-30-38(31-29-37)51-44-17-7-9-19-46(44)52(47-20-10-8-18-45(47)51)48-33-32-40(36-26-24-34(2)25-27-36)41-15-5-6-16-42(41)48/h4-33H,1-3H3/b13-4-. The third kappa shape index (κ3) is 5.72. The van der Waals surface area contributed by atoms with Gasteiger partial charge in [0.2, 0.25) is 0 Å². The smallest absolute Gasteiger partial charge is 0.0715 e. The molecule has 1 nitrogen and oxygen atoms in total. The summed E-state index contributed by atoms with van der Waals surface area (Å²) in [7, 11) is 0. The number of pyridine rings is 1. The summed E-state index contributed by atoms with van der Waals surface area (Å²) in [5.74, 6) is 0. The second kappa shape index (κ2) is 13.5. The van der Waals surface area contributed by atoms with Gasteiger partial charge in [-0.3, -0.25) is 0 Å². The minimum atomic E-state index is 0.966. The van der Waals surface area contributed by atoms with Crippen molar-refractivity contribution in [1.29, 1.82) is 0 Å². The van der Waals surface area contributed by atoms with Gasteiger partial charge in [0.15, 0.2) is 0 Å². The van der Waals surface area contributed by atoms with Gasteiger partial charge in [0.25, 0.3) is 0 Å². The largest absolute Gasteiger partial charge is 0.248 e. The maximum absolute atomic E-state index is 5.16. The van der Waals surface area contributed by atoms with E-state index in [0.29, 0.717) is 0 Å². The zero-order valence-electron chi connectivity index (χ0n) is 30.3. The molecule has 9 aromatic rings. The lowest BCUT2D eigenvalue weighted by molar-refractivity contribution is 1.31. The average Bonchev–Trinajstić information content (AvgIpc) is 3.21. The van der Waals surface area contributed by atoms with Crippen molar-refractivity contribution in [2.75, 3.05) is 0 Å². The van der Waals surface area contributed by atoms with E-state index in [4.69, 9.17) is 4.98 Å². The summed E-state index contributed by atoms with van der Waals surface area (Å²) in [6, 6.07) is 61.9. The van der Waals surface area contributed by atoms with Crippen molar-refractivity contribution < 1.29 is 0 Å². The monoisotopic (exact) mass is 677 g/mol. The number of allylic oxidation sites excluding steroid dienone is 1. The highest BCUT2D eigenvalue weighted by atomic mass is 14.7. The van der Waals surface area contributed by atoms with Crippen LogP contribution in [0.5, 0.6) is 0 Å². The van der Waals surface area contributed by atoms with Gasteiger partial charge in [-0.2, -0.15) is 0 Å². The first-order valence-electron chi connectivity index (χ1n) is 18.4. The van der Waals surface area contributed by atoms with Crippen LogP contribution in [0.15, 0.2) is 176 Å². The van der Waals surface area contributed by atoms with Gasteiger partial charge >= 0.3 is 0 Å². The molecule has 53 heavy (non-hydrogen) atoms. The number of nitrogens with zero attached hydrogens (tertiary/aromatic N) is 1. The molecule has 1 aromatic heterocycles. The van der Waals surface area contributed by atoms with Crippen LogP contribution in [0.2, 0.25) is 0 Å². The van der Waals surface area contributed by atoms with Crippen molar-refractivity contribution in [2.24, 2.45) is 0 Å². The van der Waals surface area contributed by atoms with E-state index in [1.807, 2.05) is 0 Å². The lowest BCUT2D eigenvalue weighted by Gasteiger charge is -2.20. The molecule has 0 saturated carbocycles. The van der Waals surface area contributed by atoms with Gasteiger partial charge in [-0.25, -0.2) is 4.98 Å². The third-order valence-corrected chi connectivity index (χ3v) is 10.6. The van der Waals surface area contributed by atoms with E-state index < -0.39 is 0 Å². The molecular formula is C52H39N. The molecule has 252 valence electrons. The van der Waals surface area contributed by atoms with E-state index in [1.165, 1.54) is 82.4 Å². The van der Waals surface area contributed by atoms with E-state index in [-0.39, 0.29) is 0 Å². The number of hydrogen-bond acceptors (Lipinski definition) is 1. The molecule has 0 radical (unpaired) electrons. The fourth-order valence-electron chi connectivity index (χ4n) is 8.08. The van der Waals surface area contributed by atoms with Crippen molar-refractivity contribution in [2.45, 2.75) is 20.8 Å². The molecule has 1 heterocycles. The topological polar surface area (TPSA) is 12.9 Å². The number of fused-ring (bicyclic) bond motifs is 3. The number of hydrogen-bond donors (Lipinski definition) is 0. The second-order valence-electron chi connectivity index (χ2n) is 13.9. The van der Waals surface area contributed by atoms with Crippen LogP contribution in [0, 0.1) is 13.8 Å². The summed E-state index contributed by atoms with van der Waals surface area (Å²) in [4.78, 5) is 5.16. The molecule has 0 aliphatic heterocycles. The van der Waals surface area contributed by atoms with Gasteiger partial charge in [-0.05, 0) is 110 Å². The summed E-state index contributed by atoms with van der Waals surface area (Å²) < 4.78 is 0. The Morgan fingerprint density at radius 1 is 0.377 bits per heavy atom. The number of rotatable bonds is 6. The summed E-state index contributed by atoms with van der Waals surface area (Å²) in [5.41, 5.74) is 15.4. The number of benzene rings is 8. The normalized spacial score (nSPS) is 11.6. The van der Waals surface area contributed by atoms with Crippen molar-refractivity contribution >= 4 is 38.4 Å². The molecule has 0 amide bonds. The van der Waals surface area contributed by atoms with Crippen LogP contribution in [-0.2, 0) is 0 Å². The predicted molar refractivity (Wildman–Crippen MR) is 228 cm³/mol. The number of aromatic nitrogens is 1. The van der Waals surface area contributed by atoms with E-state index in [2.05, 4.69) is 203 Å². The van der Waals surface area contributed by atoms with Gasteiger partial charge in [0.1, 0.15) is 0 Å². The third-order valence-electron chi connectivity index (χ3n) is 10.6.